The molecule has 0 heterocycles. The van der Waals surface area contributed by atoms with Crippen LogP contribution in [-0.4, -0.2) is 5.54 Å². The van der Waals surface area contributed by atoms with E-state index < -0.39 is 0 Å². The quantitative estimate of drug-likeness (QED) is 0.646. The Morgan fingerprint density at radius 3 is 2.60 bits per heavy atom. The van der Waals surface area contributed by atoms with Gasteiger partial charge in [-0.25, -0.2) is 0 Å². The molecule has 84 valence electrons. The summed E-state index contributed by atoms with van der Waals surface area (Å²) in [6.45, 7) is 2.30. The smallest absolute Gasteiger partial charge is 0.0128 e. The van der Waals surface area contributed by atoms with Crippen LogP contribution in [0.2, 0.25) is 0 Å². The van der Waals surface area contributed by atoms with Crippen LogP contribution in [0.5, 0.6) is 0 Å². The lowest BCUT2D eigenvalue weighted by Gasteiger charge is -2.53. The monoisotopic (exact) mass is 205 g/mol. The molecule has 0 aromatic rings. The molecule has 5 fully saturated rings. The van der Waals surface area contributed by atoms with Gasteiger partial charge in [-0.05, 0) is 74.5 Å². The Balaban J connectivity index is 1.67. The van der Waals surface area contributed by atoms with Crippen LogP contribution in [-0.2, 0) is 0 Å². The number of fused-ring (bicyclic) bond motifs is 3. The maximum atomic E-state index is 6.42. The van der Waals surface area contributed by atoms with Crippen LogP contribution in [0.15, 0.2) is 0 Å². The highest BCUT2D eigenvalue weighted by Crippen LogP contribution is 2.81. The van der Waals surface area contributed by atoms with Gasteiger partial charge in [0, 0.05) is 5.54 Å². The summed E-state index contributed by atoms with van der Waals surface area (Å²) < 4.78 is 0. The second-order valence-electron chi connectivity index (χ2n) is 7.22. The van der Waals surface area contributed by atoms with E-state index in [2.05, 4.69) is 6.92 Å². The Hall–Kier alpha value is -0.0400. The normalized spacial score (nSPS) is 66.0. The second kappa shape index (κ2) is 2.45. The number of hydrogen-bond acceptors (Lipinski definition) is 1. The number of hydrogen-bond donors (Lipinski definition) is 1. The Labute approximate surface area is 92.8 Å². The predicted molar refractivity (Wildman–Crippen MR) is 61.3 cm³/mol. The highest BCUT2D eigenvalue weighted by Gasteiger charge is 2.75. The van der Waals surface area contributed by atoms with Gasteiger partial charge in [0.25, 0.3) is 0 Å². The van der Waals surface area contributed by atoms with Crippen LogP contribution >= 0.6 is 0 Å². The van der Waals surface area contributed by atoms with E-state index in [4.69, 9.17) is 5.73 Å². The molecule has 0 amide bonds. The summed E-state index contributed by atoms with van der Waals surface area (Å²) in [7, 11) is 0. The molecule has 1 heteroatoms. The van der Waals surface area contributed by atoms with Gasteiger partial charge in [-0.2, -0.15) is 0 Å². The van der Waals surface area contributed by atoms with E-state index in [-0.39, 0.29) is 5.54 Å². The van der Waals surface area contributed by atoms with E-state index >= 15 is 0 Å². The first kappa shape index (κ1) is 9.04. The first-order chi connectivity index (χ1) is 7.13. The molecular weight excluding hydrogens is 182 g/mol. The summed E-state index contributed by atoms with van der Waals surface area (Å²) in [4.78, 5) is 0. The average Bonchev–Trinajstić information content (AvgIpc) is 2.78. The zero-order valence-corrected chi connectivity index (χ0v) is 9.84. The minimum absolute atomic E-state index is 0.160. The number of nitrogens with two attached hydrogens (primary N) is 1. The molecule has 0 aromatic carbocycles. The molecule has 6 atom stereocenters. The van der Waals surface area contributed by atoms with Gasteiger partial charge in [-0.15, -0.1) is 0 Å². The molecule has 5 rings (SSSR count). The first-order valence-corrected chi connectivity index (χ1v) is 6.92. The Kier molecular flexibility index (Phi) is 1.47. The average molecular weight is 205 g/mol. The van der Waals surface area contributed by atoms with Gasteiger partial charge in [0.15, 0.2) is 0 Å². The summed E-state index contributed by atoms with van der Waals surface area (Å²) in [6, 6.07) is 0. The second-order valence-corrected chi connectivity index (χ2v) is 7.22. The summed E-state index contributed by atoms with van der Waals surface area (Å²) >= 11 is 0. The van der Waals surface area contributed by atoms with Crippen LogP contribution in [0.4, 0.5) is 0 Å². The van der Waals surface area contributed by atoms with E-state index in [1.165, 1.54) is 32.1 Å². The van der Waals surface area contributed by atoms with Crippen molar-refractivity contribution in [3.8, 4) is 0 Å². The summed E-state index contributed by atoms with van der Waals surface area (Å²) in [5.41, 5.74) is 7.47. The van der Waals surface area contributed by atoms with Gasteiger partial charge in [-0.1, -0.05) is 6.42 Å². The van der Waals surface area contributed by atoms with Crippen molar-refractivity contribution in [3.63, 3.8) is 0 Å². The zero-order valence-electron chi connectivity index (χ0n) is 9.84. The third kappa shape index (κ3) is 0.945. The van der Waals surface area contributed by atoms with Crippen molar-refractivity contribution in [2.24, 2.45) is 34.8 Å². The van der Waals surface area contributed by atoms with Crippen LogP contribution in [0.25, 0.3) is 0 Å². The molecule has 1 nitrogen and oxygen atoms in total. The van der Waals surface area contributed by atoms with Gasteiger partial charge >= 0.3 is 0 Å². The lowest BCUT2D eigenvalue weighted by molar-refractivity contribution is -0.0299. The van der Waals surface area contributed by atoms with Crippen LogP contribution in [0.3, 0.4) is 0 Å². The lowest BCUT2D eigenvalue weighted by Crippen LogP contribution is -2.50. The van der Waals surface area contributed by atoms with Crippen molar-refractivity contribution < 1.29 is 0 Å². The van der Waals surface area contributed by atoms with Crippen molar-refractivity contribution in [1.82, 2.24) is 0 Å². The van der Waals surface area contributed by atoms with Crippen LogP contribution in [0, 0.1) is 29.1 Å². The molecule has 1 spiro atoms. The number of rotatable bonds is 0. The third-order valence-electron chi connectivity index (χ3n) is 6.42. The Morgan fingerprint density at radius 1 is 1.00 bits per heavy atom. The maximum absolute atomic E-state index is 6.42. The van der Waals surface area contributed by atoms with Crippen molar-refractivity contribution in [3.05, 3.63) is 0 Å². The molecule has 0 aromatic heterocycles. The Morgan fingerprint density at radius 2 is 1.73 bits per heavy atom. The van der Waals surface area contributed by atoms with Crippen molar-refractivity contribution in [1.29, 1.82) is 0 Å². The van der Waals surface area contributed by atoms with E-state index in [1.54, 1.807) is 12.8 Å². The molecule has 5 aliphatic carbocycles. The minimum Gasteiger partial charge on any atom is -0.325 e. The largest absolute Gasteiger partial charge is 0.325 e. The molecule has 0 aliphatic heterocycles. The highest BCUT2D eigenvalue weighted by molar-refractivity contribution is 5.24. The van der Waals surface area contributed by atoms with Crippen molar-refractivity contribution in [2.45, 2.75) is 57.4 Å². The SMILES string of the molecule is CC1(N)CCC2C3CCCC4C(C1)CC432. The molecule has 5 aliphatic rings. The first-order valence-electron chi connectivity index (χ1n) is 6.92. The summed E-state index contributed by atoms with van der Waals surface area (Å²) in [6.07, 6.45) is 10.2. The van der Waals surface area contributed by atoms with Gasteiger partial charge in [-0.3, -0.25) is 0 Å². The molecule has 2 N–H and O–H groups in total. The van der Waals surface area contributed by atoms with E-state index in [1.807, 2.05) is 0 Å². The standard InChI is InChI=1S/C14H23N/c1-13(15)6-5-12-11-4-2-3-10-9(7-13)8-14(10,11)12/h9-12H,2-8,15H2,1H3. The van der Waals surface area contributed by atoms with Gasteiger partial charge in [0.1, 0.15) is 0 Å². The lowest BCUT2D eigenvalue weighted by atomic mass is 9.52. The molecule has 2 bridgehead atoms. The Bertz CT molecular complexity index is 308. The molecule has 6 unspecified atom stereocenters. The van der Waals surface area contributed by atoms with Crippen molar-refractivity contribution in [2.75, 3.05) is 0 Å². The summed E-state index contributed by atoms with van der Waals surface area (Å²) in [5, 5.41) is 0. The van der Waals surface area contributed by atoms with Crippen LogP contribution in [0.1, 0.15) is 51.9 Å². The highest BCUT2D eigenvalue weighted by atomic mass is 14.8. The van der Waals surface area contributed by atoms with Crippen molar-refractivity contribution >= 4 is 0 Å². The fraction of sp³-hybridized carbons (Fsp3) is 1.00. The fourth-order valence-electron chi connectivity index (χ4n) is 5.91. The van der Waals surface area contributed by atoms with E-state index in [0.717, 1.165) is 29.1 Å². The zero-order chi connectivity index (χ0) is 10.3. The van der Waals surface area contributed by atoms with E-state index in [9.17, 15) is 0 Å². The van der Waals surface area contributed by atoms with Gasteiger partial charge < -0.3 is 5.73 Å². The van der Waals surface area contributed by atoms with Gasteiger partial charge in [0.2, 0.25) is 0 Å². The minimum atomic E-state index is 0.160. The molecule has 15 heavy (non-hydrogen) atoms. The van der Waals surface area contributed by atoms with Crippen LogP contribution < -0.4 is 5.73 Å². The molecule has 0 radical (unpaired) electrons. The summed E-state index contributed by atoms with van der Waals surface area (Å²) in [5.74, 6) is 4.35. The molecule has 0 saturated heterocycles. The maximum Gasteiger partial charge on any atom is 0.0128 e. The predicted octanol–water partition coefficient (Wildman–Crippen LogP) is 2.94. The molecular formula is C14H23N. The fourth-order valence-corrected chi connectivity index (χ4v) is 5.91. The molecule has 5 saturated carbocycles. The third-order valence-corrected chi connectivity index (χ3v) is 6.42. The topological polar surface area (TPSA) is 26.0 Å². The van der Waals surface area contributed by atoms with E-state index in [0.29, 0.717) is 0 Å². The van der Waals surface area contributed by atoms with Gasteiger partial charge in [0.05, 0.1) is 0 Å².